The molecule has 36 heavy (non-hydrogen) atoms. The van der Waals surface area contributed by atoms with E-state index in [2.05, 4.69) is 0 Å². The van der Waals surface area contributed by atoms with Crippen molar-refractivity contribution in [3.05, 3.63) is 68.9 Å². The van der Waals surface area contributed by atoms with Gasteiger partial charge in [-0.15, -0.1) is 0 Å². The molecule has 2 aliphatic heterocycles. The number of fused-ring (bicyclic) bond motifs is 2. The van der Waals surface area contributed by atoms with Crippen LogP contribution >= 0.6 is 0 Å². The molecule has 0 saturated carbocycles. The van der Waals surface area contributed by atoms with E-state index in [0.717, 1.165) is 6.07 Å². The van der Waals surface area contributed by atoms with Crippen molar-refractivity contribution in [3.8, 4) is 0 Å². The third-order valence-electron chi connectivity index (χ3n) is 6.67. The van der Waals surface area contributed by atoms with Gasteiger partial charge in [-0.2, -0.15) is 0 Å². The molecule has 3 aromatic rings. The van der Waals surface area contributed by atoms with Crippen LogP contribution in [0.2, 0.25) is 0 Å². The SMILES string of the molecule is CN(C)C(=O)c1cc(CN2CCc3c(F)cc(F)cc32)c2oc(N3CCOC(CO)C3)cc(=O)c2c1. The Balaban J connectivity index is 1.62. The van der Waals surface area contributed by atoms with Crippen LogP contribution in [0, 0.1) is 11.6 Å². The van der Waals surface area contributed by atoms with E-state index in [1.807, 2.05) is 9.80 Å². The molecule has 10 heteroatoms. The maximum absolute atomic E-state index is 14.3. The number of carbonyl (C=O) groups excluding carboxylic acids is 1. The molecule has 2 aliphatic rings. The van der Waals surface area contributed by atoms with Crippen molar-refractivity contribution < 1.29 is 27.8 Å². The van der Waals surface area contributed by atoms with Gasteiger partial charge in [0, 0.05) is 74.8 Å². The van der Waals surface area contributed by atoms with Crippen LogP contribution in [-0.4, -0.2) is 69.0 Å². The van der Waals surface area contributed by atoms with Crippen molar-refractivity contribution in [3.63, 3.8) is 0 Å². The molecule has 1 aromatic heterocycles. The fraction of sp³-hybridized carbons (Fsp3) is 0.385. The molecule has 1 fully saturated rings. The molecule has 0 radical (unpaired) electrons. The van der Waals surface area contributed by atoms with Crippen LogP contribution in [0.4, 0.5) is 20.4 Å². The summed E-state index contributed by atoms with van der Waals surface area (Å²) in [6, 6.07) is 6.74. The summed E-state index contributed by atoms with van der Waals surface area (Å²) >= 11 is 0. The largest absolute Gasteiger partial charge is 0.440 e. The highest BCUT2D eigenvalue weighted by Gasteiger charge is 2.27. The summed E-state index contributed by atoms with van der Waals surface area (Å²) in [5.41, 5.74) is 1.76. The number of hydrogen-bond donors (Lipinski definition) is 1. The molecule has 1 saturated heterocycles. The zero-order valence-corrected chi connectivity index (χ0v) is 20.1. The normalized spacial score (nSPS) is 17.5. The Labute approximate surface area is 206 Å². The molecule has 1 unspecified atom stereocenters. The average Bonchev–Trinajstić information content (AvgIpc) is 3.26. The van der Waals surface area contributed by atoms with E-state index in [0.29, 0.717) is 66.5 Å². The van der Waals surface area contributed by atoms with Gasteiger partial charge in [0.25, 0.3) is 5.91 Å². The summed E-state index contributed by atoms with van der Waals surface area (Å²) in [5, 5.41) is 9.74. The number of ether oxygens (including phenoxy) is 1. The number of amides is 1. The van der Waals surface area contributed by atoms with E-state index >= 15 is 0 Å². The number of rotatable bonds is 5. The minimum Gasteiger partial charge on any atom is -0.440 e. The van der Waals surface area contributed by atoms with Crippen LogP contribution in [0.25, 0.3) is 11.0 Å². The number of halogens is 2. The van der Waals surface area contributed by atoms with E-state index in [1.54, 1.807) is 20.2 Å². The molecular formula is C26H27F2N3O5. The van der Waals surface area contributed by atoms with Gasteiger partial charge in [-0.1, -0.05) is 0 Å². The highest BCUT2D eigenvalue weighted by Crippen LogP contribution is 2.34. The lowest BCUT2D eigenvalue weighted by Gasteiger charge is -2.32. The minimum absolute atomic E-state index is 0.156. The van der Waals surface area contributed by atoms with E-state index < -0.39 is 17.7 Å². The summed E-state index contributed by atoms with van der Waals surface area (Å²) in [6.07, 6.45) is 0.0199. The molecule has 0 bridgehead atoms. The Kier molecular flexibility index (Phi) is 6.40. The quantitative estimate of drug-likeness (QED) is 0.578. The van der Waals surface area contributed by atoms with E-state index in [1.165, 1.54) is 23.1 Å². The van der Waals surface area contributed by atoms with Gasteiger partial charge in [0.2, 0.25) is 0 Å². The lowest BCUT2D eigenvalue weighted by Crippen LogP contribution is -2.44. The van der Waals surface area contributed by atoms with Gasteiger partial charge in [-0.05, 0) is 24.6 Å². The monoisotopic (exact) mass is 499 g/mol. The van der Waals surface area contributed by atoms with Gasteiger partial charge in [-0.25, -0.2) is 8.78 Å². The molecule has 3 heterocycles. The lowest BCUT2D eigenvalue weighted by molar-refractivity contribution is 0.00256. The standard InChI is InChI=1S/C26H27F2N3O5/c1-29(2)26(34)15-7-16(12-30-4-3-19-21(28)9-17(27)10-22(19)30)25-20(8-15)23(33)11-24(36-25)31-5-6-35-18(13-31)14-32/h7-11,18,32H,3-6,12-14H2,1-2H3. The summed E-state index contributed by atoms with van der Waals surface area (Å²) < 4.78 is 40.1. The second kappa shape index (κ2) is 9.51. The minimum atomic E-state index is -0.667. The average molecular weight is 500 g/mol. The topological polar surface area (TPSA) is 86.5 Å². The van der Waals surface area contributed by atoms with Crippen LogP contribution in [0.15, 0.2) is 39.5 Å². The molecule has 0 aliphatic carbocycles. The number of nitrogens with zero attached hydrogens (tertiary/aromatic N) is 3. The van der Waals surface area contributed by atoms with Gasteiger partial charge >= 0.3 is 0 Å². The number of aliphatic hydroxyl groups is 1. The molecule has 2 aromatic carbocycles. The first kappa shape index (κ1) is 24.2. The highest BCUT2D eigenvalue weighted by atomic mass is 19.1. The predicted molar refractivity (Wildman–Crippen MR) is 131 cm³/mol. The molecule has 1 amide bonds. The van der Waals surface area contributed by atoms with Gasteiger partial charge in [0.1, 0.15) is 17.2 Å². The molecule has 0 spiro atoms. The molecule has 190 valence electrons. The third kappa shape index (κ3) is 4.42. The first-order valence-corrected chi connectivity index (χ1v) is 11.8. The Morgan fingerprint density at radius 1 is 1.17 bits per heavy atom. The van der Waals surface area contributed by atoms with Crippen LogP contribution in [0.1, 0.15) is 21.5 Å². The summed E-state index contributed by atoms with van der Waals surface area (Å²) in [4.78, 5) is 31.1. The Morgan fingerprint density at radius 3 is 2.72 bits per heavy atom. The second-order valence-corrected chi connectivity index (χ2v) is 9.34. The number of carbonyl (C=O) groups is 1. The second-order valence-electron chi connectivity index (χ2n) is 9.34. The van der Waals surface area contributed by atoms with Crippen LogP contribution in [0.5, 0.6) is 0 Å². The Bertz CT molecular complexity index is 1390. The number of morpholine rings is 1. The molecule has 8 nitrogen and oxygen atoms in total. The van der Waals surface area contributed by atoms with Crippen LogP contribution in [-0.2, 0) is 17.7 Å². The maximum atomic E-state index is 14.3. The molecule has 1 atom stereocenters. The van der Waals surface area contributed by atoms with Crippen molar-refractivity contribution >= 4 is 28.4 Å². The van der Waals surface area contributed by atoms with Crippen molar-refractivity contribution in [1.82, 2.24) is 4.90 Å². The fourth-order valence-electron chi connectivity index (χ4n) is 4.86. The summed E-state index contributed by atoms with van der Waals surface area (Å²) in [5.74, 6) is -1.20. The first-order valence-electron chi connectivity index (χ1n) is 11.8. The van der Waals surface area contributed by atoms with E-state index in [4.69, 9.17) is 9.15 Å². The maximum Gasteiger partial charge on any atom is 0.253 e. The molecule has 1 N–H and O–H groups in total. The lowest BCUT2D eigenvalue weighted by atomic mass is 10.0. The van der Waals surface area contributed by atoms with Gasteiger partial charge < -0.3 is 29.0 Å². The van der Waals surface area contributed by atoms with Crippen molar-refractivity contribution in [2.75, 3.05) is 56.7 Å². The van der Waals surface area contributed by atoms with Gasteiger partial charge in [0.05, 0.1) is 24.7 Å². The smallest absolute Gasteiger partial charge is 0.253 e. The molecule has 5 rings (SSSR count). The zero-order valence-electron chi connectivity index (χ0n) is 20.1. The van der Waals surface area contributed by atoms with Crippen molar-refractivity contribution in [2.24, 2.45) is 0 Å². The van der Waals surface area contributed by atoms with Gasteiger partial charge in [0.15, 0.2) is 11.3 Å². The van der Waals surface area contributed by atoms with Crippen molar-refractivity contribution in [2.45, 2.75) is 19.1 Å². The Hall–Kier alpha value is -3.50. The first-order chi connectivity index (χ1) is 17.2. The van der Waals surface area contributed by atoms with E-state index in [-0.39, 0.29) is 29.9 Å². The van der Waals surface area contributed by atoms with Crippen molar-refractivity contribution in [1.29, 1.82) is 0 Å². The predicted octanol–water partition coefficient (Wildman–Crippen LogP) is 2.53. The molecular weight excluding hydrogens is 472 g/mol. The zero-order chi connectivity index (χ0) is 25.6. The fourth-order valence-corrected chi connectivity index (χ4v) is 4.86. The third-order valence-corrected chi connectivity index (χ3v) is 6.67. The number of anilines is 2. The van der Waals surface area contributed by atoms with Crippen LogP contribution < -0.4 is 15.2 Å². The van der Waals surface area contributed by atoms with Crippen LogP contribution in [0.3, 0.4) is 0 Å². The number of benzene rings is 2. The number of aliphatic hydroxyl groups excluding tert-OH is 1. The van der Waals surface area contributed by atoms with E-state index in [9.17, 15) is 23.5 Å². The summed E-state index contributed by atoms with van der Waals surface area (Å²) in [6.45, 7) is 1.70. The summed E-state index contributed by atoms with van der Waals surface area (Å²) in [7, 11) is 3.24. The number of hydrogen-bond acceptors (Lipinski definition) is 7. The Morgan fingerprint density at radius 2 is 1.97 bits per heavy atom. The highest BCUT2D eigenvalue weighted by molar-refractivity contribution is 5.98. The van der Waals surface area contributed by atoms with Gasteiger partial charge in [-0.3, -0.25) is 9.59 Å².